The molecule has 1 rings (SSSR count). The second kappa shape index (κ2) is 7.39. The molecule has 17 heavy (non-hydrogen) atoms. The first-order valence-corrected chi connectivity index (χ1v) is 7.02. The van der Waals surface area contributed by atoms with E-state index in [0.717, 1.165) is 19.4 Å². The van der Waals surface area contributed by atoms with Crippen LogP contribution in [0.1, 0.15) is 19.3 Å². The summed E-state index contributed by atoms with van der Waals surface area (Å²) in [5, 5.41) is 11.0. The Labute approximate surface area is 102 Å². The Morgan fingerprint density at radius 3 is 2.82 bits per heavy atom. The molecule has 2 unspecified atom stereocenters. The van der Waals surface area contributed by atoms with E-state index in [1.165, 1.54) is 0 Å². The molecule has 7 heteroatoms. The van der Waals surface area contributed by atoms with Crippen molar-refractivity contribution in [2.24, 2.45) is 0 Å². The zero-order valence-corrected chi connectivity index (χ0v) is 10.3. The summed E-state index contributed by atoms with van der Waals surface area (Å²) in [7, 11) is -1.41. The molecule has 1 aliphatic heterocycles. The van der Waals surface area contributed by atoms with Gasteiger partial charge in [0, 0.05) is 29.7 Å². The third-order valence-electron chi connectivity index (χ3n) is 2.39. The normalized spacial score (nSPS) is 21.1. The average Bonchev–Trinajstić information content (AvgIpc) is 2.76. The number of hydrogen-bond donors (Lipinski definition) is 2. The number of carboxylic acid groups (broad SMARTS) is 1. The molecule has 0 aliphatic carbocycles. The minimum Gasteiger partial charge on any atom is -0.481 e. The molecule has 1 fully saturated rings. The molecule has 0 saturated carbocycles. The van der Waals surface area contributed by atoms with E-state index in [0.29, 0.717) is 6.54 Å². The van der Waals surface area contributed by atoms with E-state index in [2.05, 4.69) is 5.32 Å². The van der Waals surface area contributed by atoms with Gasteiger partial charge in [0.05, 0.1) is 12.5 Å². The van der Waals surface area contributed by atoms with Gasteiger partial charge in [0.1, 0.15) is 5.75 Å². The van der Waals surface area contributed by atoms with Crippen molar-refractivity contribution in [1.82, 2.24) is 5.32 Å². The number of carbonyl (C=O) groups is 2. The SMILES string of the molecule is O=C(O)CCS(=O)CC(=O)NCC1CCCO1. The lowest BCUT2D eigenvalue weighted by atomic mass is 10.2. The Morgan fingerprint density at radius 1 is 1.47 bits per heavy atom. The van der Waals surface area contributed by atoms with Gasteiger partial charge in [-0.05, 0) is 12.8 Å². The van der Waals surface area contributed by atoms with Crippen LogP contribution in [0.5, 0.6) is 0 Å². The summed E-state index contributed by atoms with van der Waals surface area (Å²) in [5.74, 6) is -1.44. The molecule has 98 valence electrons. The molecule has 0 aromatic carbocycles. The fourth-order valence-electron chi connectivity index (χ4n) is 1.50. The van der Waals surface area contributed by atoms with Crippen molar-refractivity contribution in [1.29, 1.82) is 0 Å². The van der Waals surface area contributed by atoms with E-state index < -0.39 is 16.8 Å². The van der Waals surface area contributed by atoms with Crippen LogP contribution < -0.4 is 5.32 Å². The number of aliphatic carboxylic acids is 1. The topological polar surface area (TPSA) is 92.7 Å². The Morgan fingerprint density at radius 2 is 2.24 bits per heavy atom. The molecule has 1 amide bonds. The standard InChI is InChI=1S/C10H17NO5S/c12-9(7-17(15)5-3-10(13)14)11-6-8-2-1-4-16-8/h8H,1-7H2,(H,11,12)(H,13,14). The highest BCUT2D eigenvalue weighted by Gasteiger charge is 2.17. The molecule has 0 bridgehead atoms. The Hall–Kier alpha value is -0.950. The molecule has 2 N–H and O–H groups in total. The zero-order valence-electron chi connectivity index (χ0n) is 9.52. The summed E-state index contributed by atoms with van der Waals surface area (Å²) in [6.07, 6.45) is 1.82. The molecule has 1 heterocycles. The van der Waals surface area contributed by atoms with Crippen LogP contribution in [0, 0.1) is 0 Å². The predicted octanol–water partition coefficient (Wildman–Crippen LogP) is -0.495. The molecule has 0 aromatic heterocycles. The molecular weight excluding hydrogens is 246 g/mol. The maximum Gasteiger partial charge on any atom is 0.304 e. The number of rotatable bonds is 7. The molecule has 1 aliphatic rings. The Kier molecular flexibility index (Phi) is 6.13. The fraction of sp³-hybridized carbons (Fsp3) is 0.800. The van der Waals surface area contributed by atoms with E-state index in [4.69, 9.17) is 9.84 Å². The number of nitrogens with one attached hydrogen (secondary N) is 1. The molecule has 2 atom stereocenters. The minimum absolute atomic E-state index is 0.0165. The van der Waals surface area contributed by atoms with Gasteiger partial charge in [-0.15, -0.1) is 0 Å². The second-order valence-electron chi connectivity index (χ2n) is 3.87. The molecule has 0 aromatic rings. The van der Waals surface area contributed by atoms with Gasteiger partial charge < -0.3 is 15.2 Å². The van der Waals surface area contributed by atoms with Crippen LogP contribution >= 0.6 is 0 Å². The van der Waals surface area contributed by atoms with E-state index in [1.54, 1.807) is 0 Å². The van der Waals surface area contributed by atoms with Crippen molar-refractivity contribution >= 4 is 22.7 Å². The molecule has 1 saturated heterocycles. The van der Waals surface area contributed by atoms with Gasteiger partial charge in [0.25, 0.3) is 0 Å². The van der Waals surface area contributed by atoms with Gasteiger partial charge in [-0.2, -0.15) is 0 Å². The molecule has 0 radical (unpaired) electrons. The van der Waals surface area contributed by atoms with E-state index in [1.807, 2.05) is 0 Å². The highest BCUT2D eigenvalue weighted by atomic mass is 32.2. The monoisotopic (exact) mass is 263 g/mol. The van der Waals surface area contributed by atoms with Crippen molar-refractivity contribution in [3.8, 4) is 0 Å². The van der Waals surface area contributed by atoms with Gasteiger partial charge in [-0.3, -0.25) is 13.8 Å². The van der Waals surface area contributed by atoms with Gasteiger partial charge >= 0.3 is 5.97 Å². The quantitative estimate of drug-likeness (QED) is 0.646. The third-order valence-corrected chi connectivity index (χ3v) is 3.63. The highest BCUT2D eigenvalue weighted by Crippen LogP contribution is 2.10. The summed E-state index contributed by atoms with van der Waals surface area (Å²) in [6.45, 7) is 1.17. The molecule has 6 nitrogen and oxygen atoms in total. The Balaban J connectivity index is 2.10. The second-order valence-corrected chi connectivity index (χ2v) is 5.45. The summed E-state index contributed by atoms with van der Waals surface area (Å²) < 4.78 is 16.6. The van der Waals surface area contributed by atoms with E-state index >= 15 is 0 Å². The fourth-order valence-corrected chi connectivity index (χ4v) is 2.44. The van der Waals surface area contributed by atoms with Crippen LogP contribution in [0.15, 0.2) is 0 Å². The summed E-state index contributed by atoms with van der Waals surface area (Å²) in [5.41, 5.74) is 0. The number of amides is 1. The summed E-state index contributed by atoms with van der Waals surface area (Å²) in [6, 6.07) is 0. The van der Waals surface area contributed by atoms with Gasteiger partial charge in [0.15, 0.2) is 0 Å². The number of carbonyl (C=O) groups excluding carboxylic acids is 1. The third kappa shape index (κ3) is 6.38. The van der Waals surface area contributed by atoms with Crippen LogP contribution in [0.3, 0.4) is 0 Å². The molecular formula is C10H17NO5S. The van der Waals surface area contributed by atoms with E-state index in [9.17, 15) is 13.8 Å². The van der Waals surface area contributed by atoms with Crippen molar-refractivity contribution in [3.05, 3.63) is 0 Å². The van der Waals surface area contributed by atoms with Gasteiger partial charge in [-0.25, -0.2) is 0 Å². The lowest BCUT2D eigenvalue weighted by Gasteiger charge is -2.10. The van der Waals surface area contributed by atoms with Crippen LogP contribution in [0.4, 0.5) is 0 Å². The predicted molar refractivity (Wildman–Crippen MR) is 62.1 cm³/mol. The highest BCUT2D eigenvalue weighted by molar-refractivity contribution is 7.85. The minimum atomic E-state index is -1.41. The first-order valence-electron chi connectivity index (χ1n) is 5.53. The van der Waals surface area contributed by atoms with Crippen molar-refractivity contribution in [2.45, 2.75) is 25.4 Å². The van der Waals surface area contributed by atoms with Crippen molar-refractivity contribution in [3.63, 3.8) is 0 Å². The first-order chi connectivity index (χ1) is 8.08. The van der Waals surface area contributed by atoms with Crippen molar-refractivity contribution < 1.29 is 23.6 Å². The largest absolute Gasteiger partial charge is 0.481 e. The first kappa shape index (κ1) is 14.1. The van der Waals surface area contributed by atoms with Crippen LogP contribution in [0.2, 0.25) is 0 Å². The number of carboxylic acids is 1. The lowest BCUT2D eigenvalue weighted by Crippen LogP contribution is -2.35. The zero-order chi connectivity index (χ0) is 12.7. The smallest absolute Gasteiger partial charge is 0.304 e. The van der Waals surface area contributed by atoms with Crippen LogP contribution in [-0.4, -0.2) is 52.0 Å². The Bertz CT molecular complexity index is 301. The number of hydrogen-bond acceptors (Lipinski definition) is 4. The van der Waals surface area contributed by atoms with Gasteiger partial charge in [-0.1, -0.05) is 0 Å². The average molecular weight is 263 g/mol. The summed E-state index contributed by atoms with van der Waals surface area (Å²) >= 11 is 0. The molecule has 0 spiro atoms. The van der Waals surface area contributed by atoms with E-state index in [-0.39, 0.29) is 29.9 Å². The number of ether oxygens (including phenoxy) is 1. The summed E-state index contributed by atoms with van der Waals surface area (Å²) in [4.78, 5) is 21.6. The van der Waals surface area contributed by atoms with Crippen molar-refractivity contribution in [2.75, 3.05) is 24.7 Å². The lowest BCUT2D eigenvalue weighted by molar-refractivity contribution is -0.136. The maximum absolute atomic E-state index is 11.3. The van der Waals surface area contributed by atoms with Crippen LogP contribution in [0.25, 0.3) is 0 Å². The van der Waals surface area contributed by atoms with Gasteiger partial charge in [0.2, 0.25) is 5.91 Å². The van der Waals surface area contributed by atoms with Crippen LogP contribution in [-0.2, 0) is 25.1 Å². The maximum atomic E-state index is 11.3.